The van der Waals surface area contributed by atoms with Gasteiger partial charge in [0.15, 0.2) is 0 Å². The van der Waals surface area contributed by atoms with E-state index in [4.69, 9.17) is 11.6 Å². The molecule has 0 fully saturated rings. The van der Waals surface area contributed by atoms with E-state index in [1.165, 1.54) is 11.8 Å². The Hall–Kier alpha value is -2.79. The second kappa shape index (κ2) is 11.3. The first-order chi connectivity index (χ1) is 16.8. The molecule has 0 spiro atoms. The molecule has 37 heavy (non-hydrogen) atoms. The minimum atomic E-state index is -4.76. The van der Waals surface area contributed by atoms with E-state index in [1.807, 2.05) is 19.1 Å². The molecule has 2 aromatic rings. The largest absolute Gasteiger partial charge is 0.416 e. The number of carbonyl (C=O) groups is 2. The van der Waals surface area contributed by atoms with Crippen LogP contribution >= 0.6 is 11.6 Å². The van der Waals surface area contributed by atoms with Crippen molar-refractivity contribution in [2.45, 2.75) is 58.9 Å². The molecule has 0 saturated heterocycles. The molecule has 1 atom stereocenters. The second-order valence-corrected chi connectivity index (χ2v) is 12.2. The van der Waals surface area contributed by atoms with Crippen LogP contribution in [0.4, 0.5) is 18.9 Å². The lowest BCUT2D eigenvalue weighted by Crippen LogP contribution is -2.54. The van der Waals surface area contributed by atoms with Gasteiger partial charge in [0.1, 0.15) is 12.6 Å². The number of nitrogens with zero attached hydrogens (tertiary/aromatic N) is 2. The van der Waals surface area contributed by atoms with Crippen LogP contribution in [0.15, 0.2) is 42.5 Å². The van der Waals surface area contributed by atoms with Gasteiger partial charge in [-0.1, -0.05) is 41.4 Å². The van der Waals surface area contributed by atoms with Crippen LogP contribution in [0.3, 0.4) is 0 Å². The smallest absolute Gasteiger partial charge is 0.350 e. The zero-order valence-electron chi connectivity index (χ0n) is 21.5. The first-order valence-electron chi connectivity index (χ1n) is 11.3. The molecular weight excluding hydrogens is 531 g/mol. The van der Waals surface area contributed by atoms with Crippen LogP contribution in [0, 0.1) is 6.92 Å². The van der Waals surface area contributed by atoms with Crippen molar-refractivity contribution in [1.29, 1.82) is 0 Å². The SMILES string of the molecule is Cc1ccc(CN(C(=O)CN(c2cc(C(F)(F)F)ccc2Cl)S(C)(=O)=O)[C@@H](C)C(=O)NC(C)(C)C)cc1. The number of halogens is 4. The molecule has 0 bridgehead atoms. The molecule has 7 nitrogen and oxygen atoms in total. The monoisotopic (exact) mass is 561 g/mol. The van der Waals surface area contributed by atoms with E-state index in [2.05, 4.69) is 5.32 Å². The van der Waals surface area contributed by atoms with Gasteiger partial charge in [-0.05, 0) is 58.4 Å². The van der Waals surface area contributed by atoms with Gasteiger partial charge in [-0.15, -0.1) is 0 Å². The van der Waals surface area contributed by atoms with Gasteiger partial charge in [0.05, 0.1) is 22.5 Å². The summed E-state index contributed by atoms with van der Waals surface area (Å²) in [6.07, 6.45) is -4.00. The number of hydrogen-bond donors (Lipinski definition) is 1. The van der Waals surface area contributed by atoms with Gasteiger partial charge in [-0.25, -0.2) is 8.42 Å². The van der Waals surface area contributed by atoms with Gasteiger partial charge in [0.2, 0.25) is 21.8 Å². The van der Waals surface area contributed by atoms with Crippen LogP contribution in [-0.4, -0.2) is 49.5 Å². The third-order valence-corrected chi connectivity index (χ3v) is 6.81. The molecule has 0 aliphatic carbocycles. The highest BCUT2D eigenvalue weighted by atomic mass is 35.5. The van der Waals surface area contributed by atoms with E-state index in [1.54, 1.807) is 32.9 Å². The Kier molecular flexibility index (Phi) is 9.30. The summed E-state index contributed by atoms with van der Waals surface area (Å²) in [7, 11) is -4.25. The number of benzene rings is 2. The van der Waals surface area contributed by atoms with Gasteiger partial charge in [-0.3, -0.25) is 13.9 Å². The number of hydrogen-bond acceptors (Lipinski definition) is 4. The van der Waals surface area contributed by atoms with E-state index < -0.39 is 57.4 Å². The third-order valence-electron chi connectivity index (χ3n) is 5.36. The Morgan fingerprint density at radius 3 is 2.11 bits per heavy atom. The maximum Gasteiger partial charge on any atom is 0.416 e. The molecule has 2 aromatic carbocycles. The standard InChI is InChI=1S/C25H31ClF3N3O4S/c1-16-7-9-18(10-8-16)14-31(17(2)23(34)30-24(3,4)5)22(33)15-32(37(6,35)36)21-13-19(25(27,28)29)11-12-20(21)26/h7-13,17H,14-15H2,1-6H3,(H,30,34)/t17-/m0/s1. The maximum absolute atomic E-state index is 13.5. The van der Waals surface area contributed by atoms with Crippen molar-refractivity contribution >= 4 is 39.1 Å². The molecule has 0 aromatic heterocycles. The summed E-state index contributed by atoms with van der Waals surface area (Å²) in [4.78, 5) is 27.6. The summed E-state index contributed by atoms with van der Waals surface area (Å²) < 4.78 is 65.7. The summed E-state index contributed by atoms with van der Waals surface area (Å²) in [6, 6.07) is 8.38. The van der Waals surface area contributed by atoms with E-state index in [-0.39, 0.29) is 11.6 Å². The van der Waals surface area contributed by atoms with Crippen molar-refractivity contribution in [3.63, 3.8) is 0 Å². The fourth-order valence-corrected chi connectivity index (χ4v) is 4.54. The topological polar surface area (TPSA) is 86.8 Å². The zero-order chi connectivity index (χ0) is 28.3. The number of amides is 2. The predicted molar refractivity (Wildman–Crippen MR) is 138 cm³/mol. The summed E-state index contributed by atoms with van der Waals surface area (Å²) in [5.74, 6) is -1.27. The number of rotatable bonds is 8. The summed E-state index contributed by atoms with van der Waals surface area (Å²) in [6.45, 7) is 7.79. The van der Waals surface area contributed by atoms with Crippen molar-refractivity contribution in [1.82, 2.24) is 10.2 Å². The highest BCUT2D eigenvalue weighted by molar-refractivity contribution is 7.92. The molecule has 12 heteroatoms. The summed E-state index contributed by atoms with van der Waals surface area (Å²) in [5.41, 5.74) is -0.564. The predicted octanol–water partition coefficient (Wildman–Crippen LogP) is 4.77. The van der Waals surface area contributed by atoms with Gasteiger partial charge in [0.25, 0.3) is 0 Å². The van der Waals surface area contributed by atoms with Crippen LogP contribution in [0.2, 0.25) is 5.02 Å². The molecule has 0 saturated carbocycles. The first-order valence-corrected chi connectivity index (χ1v) is 13.5. The Morgan fingerprint density at radius 2 is 1.62 bits per heavy atom. The van der Waals surface area contributed by atoms with Crippen LogP contribution in [0.25, 0.3) is 0 Å². The van der Waals surface area contributed by atoms with Crippen molar-refractivity contribution in [3.05, 3.63) is 64.2 Å². The molecule has 0 aliphatic rings. The highest BCUT2D eigenvalue weighted by Crippen LogP contribution is 2.36. The molecule has 0 unspecified atom stereocenters. The summed E-state index contributed by atoms with van der Waals surface area (Å²) >= 11 is 6.08. The van der Waals surface area contributed by atoms with Gasteiger partial charge >= 0.3 is 6.18 Å². The number of nitrogens with one attached hydrogen (secondary N) is 1. The molecule has 0 radical (unpaired) electrons. The first kappa shape index (κ1) is 30.4. The average Bonchev–Trinajstić information content (AvgIpc) is 2.74. The number of carbonyl (C=O) groups excluding carboxylic acids is 2. The number of aryl methyl sites for hydroxylation is 1. The molecule has 1 N–H and O–H groups in total. The van der Waals surface area contributed by atoms with Crippen LogP contribution in [0.1, 0.15) is 44.4 Å². The maximum atomic E-state index is 13.5. The van der Waals surface area contributed by atoms with Crippen molar-refractivity contribution < 1.29 is 31.2 Å². The Balaban J connectivity index is 2.51. The molecule has 204 valence electrons. The lowest BCUT2D eigenvalue weighted by Gasteiger charge is -2.33. The minimum Gasteiger partial charge on any atom is -0.350 e. The second-order valence-electron chi connectivity index (χ2n) is 9.86. The van der Waals surface area contributed by atoms with Gasteiger partial charge in [0, 0.05) is 12.1 Å². The Morgan fingerprint density at radius 1 is 1.05 bits per heavy atom. The normalized spacial score (nSPS) is 13.1. The van der Waals surface area contributed by atoms with Gasteiger partial charge < -0.3 is 10.2 Å². The minimum absolute atomic E-state index is 0.0359. The zero-order valence-corrected chi connectivity index (χ0v) is 23.1. The van der Waals surface area contributed by atoms with E-state index in [0.29, 0.717) is 15.9 Å². The quantitative estimate of drug-likeness (QED) is 0.503. The number of alkyl halides is 3. The average molecular weight is 562 g/mol. The third kappa shape index (κ3) is 8.63. The van der Waals surface area contributed by atoms with Crippen LogP contribution in [0.5, 0.6) is 0 Å². The lowest BCUT2D eigenvalue weighted by molar-refractivity contribution is -0.140. The highest BCUT2D eigenvalue weighted by Gasteiger charge is 2.35. The fourth-order valence-electron chi connectivity index (χ4n) is 3.42. The number of anilines is 1. The van der Waals surface area contributed by atoms with E-state index >= 15 is 0 Å². The van der Waals surface area contributed by atoms with Crippen LogP contribution < -0.4 is 9.62 Å². The Labute approximate surface area is 220 Å². The van der Waals surface area contributed by atoms with Crippen molar-refractivity contribution in [2.24, 2.45) is 0 Å². The molecular formula is C25H31ClF3N3O4S. The van der Waals surface area contributed by atoms with Crippen LogP contribution in [-0.2, 0) is 32.3 Å². The fraction of sp³-hybridized carbons (Fsp3) is 0.440. The van der Waals surface area contributed by atoms with Crippen molar-refractivity contribution in [3.8, 4) is 0 Å². The molecule has 0 heterocycles. The Bertz CT molecular complexity index is 1240. The van der Waals surface area contributed by atoms with Gasteiger partial charge in [-0.2, -0.15) is 13.2 Å². The van der Waals surface area contributed by atoms with Crippen molar-refractivity contribution in [2.75, 3.05) is 17.1 Å². The molecule has 2 rings (SSSR count). The van der Waals surface area contributed by atoms with E-state index in [0.717, 1.165) is 24.0 Å². The van der Waals surface area contributed by atoms with E-state index in [9.17, 15) is 31.2 Å². The summed E-state index contributed by atoms with van der Waals surface area (Å²) in [5, 5.41) is 2.50. The molecule has 0 aliphatic heterocycles. The molecule has 2 amide bonds. The number of sulfonamides is 1. The lowest BCUT2D eigenvalue weighted by atomic mass is 10.1.